The van der Waals surface area contributed by atoms with Crippen LogP contribution in [-0.4, -0.2) is 22.4 Å². The van der Waals surface area contributed by atoms with Crippen molar-refractivity contribution in [1.29, 1.82) is 0 Å². The molecule has 0 saturated carbocycles. The second kappa shape index (κ2) is 7.72. The summed E-state index contributed by atoms with van der Waals surface area (Å²) in [6.07, 6.45) is 0.978. The molecule has 3 aromatic rings. The van der Waals surface area contributed by atoms with Gasteiger partial charge < -0.3 is 5.32 Å². The van der Waals surface area contributed by atoms with E-state index in [4.69, 9.17) is 0 Å². The van der Waals surface area contributed by atoms with E-state index in [9.17, 15) is 4.79 Å². The number of amides is 1. The number of carbonyl (C=O) groups is 1. The topological polar surface area (TPSA) is 42.0 Å². The van der Waals surface area contributed by atoms with Crippen molar-refractivity contribution in [2.24, 2.45) is 0 Å². The van der Waals surface area contributed by atoms with Crippen LogP contribution in [0.15, 0.2) is 64.5 Å². The second-order valence-electron chi connectivity index (χ2n) is 6.38. The van der Waals surface area contributed by atoms with Gasteiger partial charge in [-0.2, -0.15) is 0 Å². The number of nitrogens with one attached hydrogen (secondary N) is 1. The quantitative estimate of drug-likeness (QED) is 0.648. The highest BCUT2D eigenvalue weighted by molar-refractivity contribution is 8.00. The SMILES string of the molecule is Cc1cc(SCC(=O)N[C@H]2CCSc3ccccc32)nc2ccccc12. The Bertz CT molecular complexity index is 958. The van der Waals surface area contributed by atoms with Crippen LogP contribution in [0.25, 0.3) is 10.9 Å². The fourth-order valence-electron chi connectivity index (χ4n) is 3.26. The Balaban J connectivity index is 1.42. The third-order valence-electron chi connectivity index (χ3n) is 4.54. The van der Waals surface area contributed by atoms with Gasteiger partial charge in [-0.15, -0.1) is 11.8 Å². The molecule has 3 nitrogen and oxygen atoms in total. The monoisotopic (exact) mass is 380 g/mol. The van der Waals surface area contributed by atoms with Crippen LogP contribution < -0.4 is 5.32 Å². The van der Waals surface area contributed by atoms with Crippen LogP contribution in [0.1, 0.15) is 23.6 Å². The average Bonchev–Trinajstić information content (AvgIpc) is 2.67. The molecule has 1 aliphatic heterocycles. The molecule has 2 aromatic carbocycles. The molecule has 0 spiro atoms. The summed E-state index contributed by atoms with van der Waals surface area (Å²) in [5, 5.41) is 5.26. The van der Waals surface area contributed by atoms with Crippen LogP contribution in [0, 0.1) is 6.92 Å². The highest BCUT2D eigenvalue weighted by Gasteiger charge is 2.21. The molecule has 4 rings (SSSR count). The Morgan fingerprint density at radius 2 is 2.04 bits per heavy atom. The van der Waals surface area contributed by atoms with Crippen molar-refractivity contribution in [3.63, 3.8) is 0 Å². The fraction of sp³-hybridized carbons (Fsp3) is 0.238. The number of aromatic nitrogens is 1. The minimum atomic E-state index is 0.0642. The Morgan fingerprint density at radius 3 is 2.96 bits per heavy atom. The summed E-state index contributed by atoms with van der Waals surface area (Å²) in [6.45, 7) is 2.09. The Kier molecular flexibility index (Phi) is 5.18. The first-order chi connectivity index (χ1) is 12.7. The number of para-hydroxylation sites is 1. The summed E-state index contributed by atoms with van der Waals surface area (Å²) in [6, 6.07) is 18.6. The van der Waals surface area contributed by atoms with Gasteiger partial charge in [0, 0.05) is 16.0 Å². The summed E-state index contributed by atoms with van der Waals surface area (Å²) in [5.74, 6) is 1.49. The smallest absolute Gasteiger partial charge is 0.230 e. The van der Waals surface area contributed by atoms with E-state index in [0.29, 0.717) is 5.75 Å². The summed E-state index contributed by atoms with van der Waals surface area (Å²) in [4.78, 5) is 18.4. The van der Waals surface area contributed by atoms with Gasteiger partial charge in [-0.1, -0.05) is 48.2 Å². The average molecular weight is 381 g/mol. The van der Waals surface area contributed by atoms with E-state index in [2.05, 4.69) is 47.6 Å². The van der Waals surface area contributed by atoms with Crippen molar-refractivity contribution in [3.8, 4) is 0 Å². The van der Waals surface area contributed by atoms with Crippen molar-refractivity contribution in [2.75, 3.05) is 11.5 Å². The van der Waals surface area contributed by atoms with E-state index in [1.54, 1.807) is 0 Å². The predicted octanol–water partition coefficient (Wildman–Crippen LogP) is 4.99. The van der Waals surface area contributed by atoms with E-state index < -0.39 is 0 Å². The van der Waals surface area contributed by atoms with Gasteiger partial charge in [0.05, 0.1) is 22.3 Å². The van der Waals surface area contributed by atoms with Gasteiger partial charge in [0.2, 0.25) is 5.91 Å². The third-order valence-corrected chi connectivity index (χ3v) is 6.58. The molecule has 0 unspecified atom stereocenters. The van der Waals surface area contributed by atoms with Crippen molar-refractivity contribution in [3.05, 3.63) is 65.7 Å². The molecule has 26 heavy (non-hydrogen) atoms. The molecule has 1 atom stereocenters. The second-order valence-corrected chi connectivity index (χ2v) is 8.51. The highest BCUT2D eigenvalue weighted by atomic mass is 32.2. The number of hydrogen-bond donors (Lipinski definition) is 1. The molecule has 1 N–H and O–H groups in total. The van der Waals surface area contributed by atoms with E-state index >= 15 is 0 Å². The number of nitrogens with zero attached hydrogens (tertiary/aromatic N) is 1. The van der Waals surface area contributed by atoms with Gasteiger partial charge in [-0.25, -0.2) is 4.98 Å². The number of thioether (sulfide) groups is 2. The normalized spacial score (nSPS) is 16.3. The Hall–Kier alpha value is -1.98. The van der Waals surface area contributed by atoms with E-state index in [0.717, 1.165) is 28.1 Å². The first-order valence-corrected chi connectivity index (χ1v) is 10.7. The lowest BCUT2D eigenvalue weighted by molar-refractivity contribution is -0.119. The largest absolute Gasteiger partial charge is 0.349 e. The molecule has 0 bridgehead atoms. The van der Waals surface area contributed by atoms with Crippen LogP contribution in [0.3, 0.4) is 0 Å². The number of carbonyl (C=O) groups excluding carboxylic acids is 1. The first kappa shape index (κ1) is 17.4. The van der Waals surface area contributed by atoms with Gasteiger partial charge in [-0.3, -0.25) is 4.79 Å². The highest BCUT2D eigenvalue weighted by Crippen LogP contribution is 2.35. The van der Waals surface area contributed by atoms with Crippen molar-refractivity contribution < 1.29 is 4.79 Å². The summed E-state index contributed by atoms with van der Waals surface area (Å²) in [7, 11) is 0. The molecule has 5 heteroatoms. The van der Waals surface area contributed by atoms with Crippen LogP contribution in [0.4, 0.5) is 0 Å². The third kappa shape index (κ3) is 3.74. The Morgan fingerprint density at radius 1 is 1.23 bits per heavy atom. The van der Waals surface area contributed by atoms with Crippen LogP contribution in [-0.2, 0) is 4.79 Å². The number of aryl methyl sites for hydroxylation is 1. The molecule has 0 saturated heterocycles. The van der Waals surface area contributed by atoms with Gasteiger partial charge >= 0.3 is 0 Å². The van der Waals surface area contributed by atoms with Crippen LogP contribution in [0.5, 0.6) is 0 Å². The molecule has 0 fully saturated rings. The molecule has 1 aliphatic rings. The summed E-state index contributed by atoms with van der Waals surface area (Å²) >= 11 is 3.36. The lowest BCUT2D eigenvalue weighted by Crippen LogP contribution is -2.31. The van der Waals surface area contributed by atoms with Crippen LogP contribution in [0.2, 0.25) is 0 Å². The number of hydrogen-bond acceptors (Lipinski definition) is 4. The molecule has 1 aromatic heterocycles. The molecule has 132 valence electrons. The molecular formula is C21H20N2OS2. The van der Waals surface area contributed by atoms with Crippen LogP contribution >= 0.6 is 23.5 Å². The van der Waals surface area contributed by atoms with E-state index in [1.807, 2.05) is 36.0 Å². The zero-order valence-electron chi connectivity index (χ0n) is 14.6. The lowest BCUT2D eigenvalue weighted by atomic mass is 10.0. The van der Waals surface area contributed by atoms with Crippen molar-refractivity contribution >= 4 is 40.3 Å². The van der Waals surface area contributed by atoms with E-state index in [-0.39, 0.29) is 11.9 Å². The molecule has 1 amide bonds. The zero-order valence-corrected chi connectivity index (χ0v) is 16.2. The maximum Gasteiger partial charge on any atom is 0.230 e. The maximum atomic E-state index is 12.5. The number of benzene rings is 2. The minimum absolute atomic E-state index is 0.0642. The summed E-state index contributed by atoms with van der Waals surface area (Å²) < 4.78 is 0. The minimum Gasteiger partial charge on any atom is -0.349 e. The number of pyridine rings is 1. The predicted molar refractivity (Wildman–Crippen MR) is 110 cm³/mol. The molecule has 0 radical (unpaired) electrons. The molecule has 0 aliphatic carbocycles. The molecular weight excluding hydrogens is 360 g/mol. The summed E-state index contributed by atoms with van der Waals surface area (Å²) in [5.41, 5.74) is 3.41. The lowest BCUT2D eigenvalue weighted by Gasteiger charge is -2.25. The van der Waals surface area contributed by atoms with Gasteiger partial charge in [0.25, 0.3) is 0 Å². The number of fused-ring (bicyclic) bond motifs is 2. The Labute approximate surface area is 162 Å². The maximum absolute atomic E-state index is 12.5. The standard InChI is InChI=1S/C21H20N2OS2/c1-14-12-21(23-17-8-4-2-6-15(14)17)26-13-20(24)22-18-10-11-25-19-9-5-3-7-16(18)19/h2-9,12,18H,10-11,13H2,1H3,(H,22,24)/t18-/m0/s1. The van der Waals surface area contributed by atoms with Gasteiger partial charge in [0.15, 0.2) is 0 Å². The zero-order chi connectivity index (χ0) is 17.9. The fourth-order valence-corrected chi connectivity index (χ4v) is 5.17. The van der Waals surface area contributed by atoms with Gasteiger partial charge in [-0.05, 0) is 42.7 Å². The molecule has 2 heterocycles. The number of rotatable bonds is 4. The van der Waals surface area contributed by atoms with E-state index in [1.165, 1.54) is 27.8 Å². The van der Waals surface area contributed by atoms with Crippen molar-refractivity contribution in [2.45, 2.75) is 29.3 Å². The first-order valence-electron chi connectivity index (χ1n) is 8.71. The van der Waals surface area contributed by atoms with Crippen molar-refractivity contribution in [1.82, 2.24) is 10.3 Å². The van der Waals surface area contributed by atoms with Gasteiger partial charge in [0.1, 0.15) is 0 Å².